The predicted octanol–water partition coefficient (Wildman–Crippen LogP) is 16.2. The maximum absolute atomic E-state index is 6.43. The number of furan rings is 1. The van der Waals surface area contributed by atoms with Gasteiger partial charge in [-0.3, -0.25) is 0 Å². The molecule has 1 atom stereocenters. The molecule has 3 heterocycles. The Labute approximate surface area is 370 Å². The zero-order valence-electron chi connectivity index (χ0n) is 34.7. The van der Waals surface area contributed by atoms with Gasteiger partial charge >= 0.3 is 0 Å². The molecule has 0 saturated carbocycles. The lowest BCUT2D eigenvalue weighted by atomic mass is 9.65. The van der Waals surface area contributed by atoms with E-state index in [0.29, 0.717) is 0 Å². The molecule has 0 radical (unpaired) electrons. The quantitative estimate of drug-likeness (QED) is 0.173. The lowest BCUT2D eigenvalue weighted by molar-refractivity contribution is 0.669. The monoisotopic (exact) mass is 814 g/mol. The van der Waals surface area contributed by atoms with E-state index in [4.69, 9.17) is 4.42 Å². The highest BCUT2D eigenvalue weighted by atomic mass is 16.3. The fourth-order valence-electron chi connectivity index (χ4n) is 11.4. The van der Waals surface area contributed by atoms with Crippen LogP contribution in [0.15, 0.2) is 235 Å². The lowest BCUT2D eigenvalue weighted by Crippen LogP contribution is -2.33. The number of hydrogen-bond donors (Lipinski definition) is 0. The van der Waals surface area contributed by atoms with Crippen LogP contribution in [0.3, 0.4) is 0 Å². The first-order valence-corrected chi connectivity index (χ1v) is 22.1. The summed E-state index contributed by atoms with van der Waals surface area (Å²) in [5.41, 5.74) is 20.5. The number of hydrogen-bond acceptors (Lipinski definition) is 2. The van der Waals surface area contributed by atoms with Crippen LogP contribution in [0.25, 0.3) is 82.8 Å². The molecule has 64 heavy (non-hydrogen) atoms. The summed E-state index contributed by atoms with van der Waals surface area (Å²) >= 11 is 0. The second-order valence-electron chi connectivity index (χ2n) is 17.1. The average molecular weight is 815 g/mol. The van der Waals surface area contributed by atoms with Crippen molar-refractivity contribution in [2.45, 2.75) is 5.41 Å². The molecular formula is C61H38N2O. The van der Waals surface area contributed by atoms with E-state index in [-0.39, 0.29) is 0 Å². The fourth-order valence-corrected chi connectivity index (χ4v) is 11.4. The molecule has 2 aliphatic rings. The number of aromatic nitrogens is 1. The molecule has 0 saturated heterocycles. The Morgan fingerprint density at radius 2 is 1.00 bits per heavy atom. The van der Waals surface area contributed by atoms with Crippen LogP contribution in [-0.4, -0.2) is 4.57 Å². The molecule has 0 fully saturated rings. The molecule has 0 amide bonds. The minimum Gasteiger partial charge on any atom is -0.456 e. The van der Waals surface area contributed by atoms with Gasteiger partial charge in [0, 0.05) is 38.4 Å². The summed E-state index contributed by atoms with van der Waals surface area (Å²) in [5, 5.41) is 4.74. The number of fused-ring (bicyclic) bond motifs is 15. The van der Waals surface area contributed by atoms with E-state index < -0.39 is 5.41 Å². The van der Waals surface area contributed by atoms with Crippen LogP contribution in [0.5, 0.6) is 0 Å². The maximum Gasteiger partial charge on any atom is 0.135 e. The third kappa shape index (κ3) is 4.70. The van der Waals surface area contributed by atoms with Crippen LogP contribution in [0, 0.1) is 0 Å². The zero-order chi connectivity index (χ0) is 41.9. The molecule has 12 aromatic rings. The van der Waals surface area contributed by atoms with Crippen LogP contribution in [-0.2, 0) is 5.41 Å². The zero-order valence-corrected chi connectivity index (χ0v) is 34.7. The van der Waals surface area contributed by atoms with Crippen molar-refractivity contribution in [3.8, 4) is 39.1 Å². The molecule has 14 rings (SSSR count). The van der Waals surface area contributed by atoms with Gasteiger partial charge in [-0.15, -0.1) is 0 Å². The van der Waals surface area contributed by atoms with E-state index in [0.717, 1.165) is 50.1 Å². The Morgan fingerprint density at radius 3 is 1.92 bits per heavy atom. The molecule has 3 nitrogen and oxygen atoms in total. The topological polar surface area (TPSA) is 21.3 Å². The Balaban J connectivity index is 1.09. The van der Waals surface area contributed by atoms with Crippen molar-refractivity contribution in [2.75, 3.05) is 4.90 Å². The minimum absolute atomic E-state index is 0.581. The molecule has 1 unspecified atom stereocenters. The Kier molecular flexibility index (Phi) is 7.32. The van der Waals surface area contributed by atoms with Crippen molar-refractivity contribution in [3.05, 3.63) is 253 Å². The van der Waals surface area contributed by atoms with E-state index >= 15 is 0 Å². The van der Waals surface area contributed by atoms with Crippen LogP contribution >= 0.6 is 0 Å². The largest absolute Gasteiger partial charge is 0.456 e. The van der Waals surface area contributed by atoms with Crippen molar-refractivity contribution in [1.29, 1.82) is 0 Å². The Morgan fingerprint density at radius 1 is 0.375 bits per heavy atom. The van der Waals surface area contributed by atoms with Crippen LogP contribution < -0.4 is 4.90 Å². The van der Waals surface area contributed by atoms with Crippen molar-refractivity contribution >= 4 is 60.8 Å². The molecule has 0 bridgehead atoms. The smallest absolute Gasteiger partial charge is 0.135 e. The number of anilines is 3. The van der Waals surface area contributed by atoms with Gasteiger partial charge in [-0.1, -0.05) is 176 Å². The van der Waals surface area contributed by atoms with Gasteiger partial charge in [-0.25, -0.2) is 0 Å². The highest BCUT2D eigenvalue weighted by Gasteiger charge is 2.51. The number of nitrogens with zero attached hydrogens (tertiary/aromatic N) is 2. The summed E-state index contributed by atoms with van der Waals surface area (Å²) in [6.07, 6.45) is 0. The first-order valence-electron chi connectivity index (χ1n) is 22.1. The van der Waals surface area contributed by atoms with E-state index in [9.17, 15) is 0 Å². The van der Waals surface area contributed by atoms with Crippen molar-refractivity contribution in [1.82, 2.24) is 4.57 Å². The molecule has 2 aromatic heterocycles. The normalized spacial score (nSPS) is 14.6. The highest BCUT2D eigenvalue weighted by Crippen LogP contribution is 2.63. The van der Waals surface area contributed by atoms with Gasteiger partial charge in [0.2, 0.25) is 0 Å². The van der Waals surface area contributed by atoms with Gasteiger partial charge in [0.25, 0.3) is 0 Å². The molecule has 298 valence electrons. The van der Waals surface area contributed by atoms with Crippen LogP contribution in [0.2, 0.25) is 0 Å². The molecule has 0 N–H and O–H groups in total. The molecular weight excluding hydrogens is 777 g/mol. The number of rotatable bonds is 5. The molecule has 10 aromatic carbocycles. The van der Waals surface area contributed by atoms with Gasteiger partial charge < -0.3 is 13.9 Å². The van der Waals surface area contributed by atoms with Gasteiger partial charge in [-0.2, -0.15) is 0 Å². The first kappa shape index (κ1) is 35.2. The second-order valence-corrected chi connectivity index (χ2v) is 17.1. The van der Waals surface area contributed by atoms with E-state index in [1.807, 2.05) is 6.07 Å². The van der Waals surface area contributed by atoms with Gasteiger partial charge in [-0.05, 0) is 99.1 Å². The van der Waals surface area contributed by atoms with Gasteiger partial charge in [0.15, 0.2) is 0 Å². The van der Waals surface area contributed by atoms with Crippen LogP contribution in [0.1, 0.15) is 22.3 Å². The van der Waals surface area contributed by atoms with Crippen molar-refractivity contribution in [2.24, 2.45) is 0 Å². The van der Waals surface area contributed by atoms with Gasteiger partial charge in [0.05, 0.1) is 33.5 Å². The van der Waals surface area contributed by atoms with Crippen molar-refractivity contribution < 1.29 is 4.42 Å². The summed E-state index contributed by atoms with van der Waals surface area (Å²) in [5.74, 6) is 0. The number of para-hydroxylation sites is 5. The first-order chi connectivity index (χ1) is 31.8. The standard InChI is InChI=1S/C61H38N2O/c1-2-17-39(18-3-1)40-19-14-20-41(37-40)43-21-5-10-30-53(43)62(42-35-36-58-48(38-42)45-23-7-13-34-57(45)64-58)56-33-16-28-51-59(56)47-24-4-8-26-49(47)61(51)50-27-9-12-32-55(50)63-54-31-11-6-22-44(54)46-25-15-29-52(61)60(46)63/h1-38H. The van der Waals surface area contributed by atoms with Crippen LogP contribution in [0.4, 0.5) is 17.1 Å². The average Bonchev–Trinajstić information content (AvgIpc) is 4.01. The highest BCUT2D eigenvalue weighted by molar-refractivity contribution is 6.14. The number of benzene rings is 10. The van der Waals surface area contributed by atoms with Crippen molar-refractivity contribution in [3.63, 3.8) is 0 Å². The molecule has 1 aliphatic heterocycles. The molecule has 1 aliphatic carbocycles. The minimum atomic E-state index is -0.581. The van der Waals surface area contributed by atoms with E-state index in [2.05, 4.69) is 234 Å². The second kappa shape index (κ2) is 13.3. The third-order valence-corrected chi connectivity index (χ3v) is 14.0. The van der Waals surface area contributed by atoms with Gasteiger partial charge in [0.1, 0.15) is 11.2 Å². The summed E-state index contributed by atoms with van der Waals surface area (Å²) < 4.78 is 8.95. The molecule has 3 heteroatoms. The van der Waals surface area contributed by atoms with E-state index in [1.165, 1.54) is 72.0 Å². The predicted molar refractivity (Wildman–Crippen MR) is 264 cm³/mol. The fraction of sp³-hybridized carbons (Fsp3) is 0.0164. The summed E-state index contributed by atoms with van der Waals surface area (Å²) in [7, 11) is 0. The summed E-state index contributed by atoms with van der Waals surface area (Å²) in [6.45, 7) is 0. The summed E-state index contributed by atoms with van der Waals surface area (Å²) in [6, 6.07) is 84.7. The summed E-state index contributed by atoms with van der Waals surface area (Å²) in [4.78, 5) is 2.51. The lowest BCUT2D eigenvalue weighted by Gasteiger charge is -2.39. The molecule has 1 spiro atoms. The third-order valence-electron chi connectivity index (χ3n) is 14.0. The van der Waals surface area contributed by atoms with E-state index in [1.54, 1.807) is 0 Å². The Hall–Kier alpha value is -8.40. The Bertz CT molecular complexity index is 3870. The SMILES string of the molecule is c1ccc(-c2cccc(-c3ccccc3N(c3ccc4oc5ccccc5c4c3)c3cccc4c3-c3ccccc3C43c4ccccc4-n4c5ccccc5c5cccc3c54)c2)cc1. The maximum atomic E-state index is 6.43.